The van der Waals surface area contributed by atoms with Crippen molar-refractivity contribution >= 4 is 11.8 Å². The second kappa shape index (κ2) is 9.04. The molecule has 1 saturated heterocycles. The summed E-state index contributed by atoms with van der Waals surface area (Å²) < 4.78 is 13.1. The number of likely N-dealkylation sites (N-methyl/N-ethyl adjacent to an activating group) is 1. The van der Waals surface area contributed by atoms with Gasteiger partial charge in [0.2, 0.25) is 5.91 Å². The third-order valence-corrected chi connectivity index (χ3v) is 9.16. The number of nitrogens with one attached hydrogen (secondary N) is 3. The summed E-state index contributed by atoms with van der Waals surface area (Å²) in [4.78, 5) is 31.3. The number of piperidine rings is 1. The summed E-state index contributed by atoms with van der Waals surface area (Å²) in [6.45, 7) is 11.2. The molecule has 2 amide bonds. The number of H-pyrrole nitrogens is 1. The molecule has 2 bridgehead atoms. The Morgan fingerprint density at radius 1 is 1.18 bits per heavy atom. The number of aromatic amines is 1. The zero-order chi connectivity index (χ0) is 26.9. The van der Waals surface area contributed by atoms with Crippen molar-refractivity contribution in [1.29, 1.82) is 0 Å². The molecule has 2 aliphatic heterocycles. The summed E-state index contributed by atoms with van der Waals surface area (Å²) in [5.74, 6) is 1.86. The molecule has 1 fully saturated rings. The topological polar surface area (TPSA) is 95.7 Å². The van der Waals surface area contributed by atoms with Crippen molar-refractivity contribution in [1.82, 2.24) is 20.5 Å². The predicted molar refractivity (Wildman–Crippen MR) is 145 cm³/mol. The summed E-state index contributed by atoms with van der Waals surface area (Å²) >= 11 is 0. The van der Waals surface area contributed by atoms with Crippen molar-refractivity contribution < 1.29 is 19.1 Å². The fraction of sp³-hybridized carbons (Fsp3) is 0.600. The van der Waals surface area contributed by atoms with Gasteiger partial charge in [0.25, 0.3) is 5.91 Å². The number of likely N-dealkylation sites (tertiary alicyclic amines) is 1. The molecule has 8 heteroatoms. The summed E-state index contributed by atoms with van der Waals surface area (Å²) in [5.41, 5.74) is 6.44. The standard InChI is InChI=1S/C30H40N4O4/c1-15(2)31-23(35)9-12-37-22-8-7-18-13-21-20-14-19-17(5)25(29(36)32-16(3)4)33-26(19)28-30(20,10-11-34(21)6)24(18)27(22)38-28/h7-8,15-16,20-21,28,33H,9-14H2,1-6H3,(H,31,35)(H,32,36)/t20-,21+,28+,30+/m1/s1. The van der Waals surface area contributed by atoms with Crippen LogP contribution in [0.3, 0.4) is 0 Å². The Morgan fingerprint density at radius 3 is 2.68 bits per heavy atom. The van der Waals surface area contributed by atoms with Crippen LogP contribution >= 0.6 is 0 Å². The van der Waals surface area contributed by atoms with Gasteiger partial charge in [0.1, 0.15) is 11.8 Å². The highest BCUT2D eigenvalue weighted by atomic mass is 16.5. The van der Waals surface area contributed by atoms with E-state index in [0.717, 1.165) is 42.8 Å². The molecule has 0 unspecified atom stereocenters. The van der Waals surface area contributed by atoms with Crippen molar-refractivity contribution in [2.45, 2.75) is 89.9 Å². The molecule has 38 heavy (non-hydrogen) atoms. The van der Waals surface area contributed by atoms with Crippen LogP contribution in [0.4, 0.5) is 0 Å². The number of nitrogens with zero attached hydrogens (tertiary/aromatic N) is 1. The van der Waals surface area contributed by atoms with Crippen LogP contribution in [0.1, 0.15) is 85.1 Å². The number of carbonyl (C=O) groups excluding carboxylic acids is 2. The van der Waals surface area contributed by atoms with E-state index >= 15 is 0 Å². The van der Waals surface area contributed by atoms with Gasteiger partial charge in [-0.2, -0.15) is 0 Å². The van der Waals surface area contributed by atoms with Crippen molar-refractivity contribution in [3.05, 3.63) is 45.8 Å². The molecule has 8 nitrogen and oxygen atoms in total. The van der Waals surface area contributed by atoms with E-state index in [1.54, 1.807) is 0 Å². The minimum atomic E-state index is -0.185. The molecular weight excluding hydrogens is 480 g/mol. The number of amides is 2. The maximum atomic E-state index is 13.1. The number of hydrogen-bond acceptors (Lipinski definition) is 5. The Balaban J connectivity index is 1.40. The molecule has 6 rings (SSSR count). The molecule has 0 saturated carbocycles. The normalized spacial score (nSPS) is 26.6. The SMILES string of the molecule is Cc1c(C(=O)NC(C)C)[nH]c2c1C[C@@H]1[C@@H]3Cc4ccc(OCCC(=O)NC(C)C)c5c4[C@@]1(CCN3C)[C@H]2O5. The van der Waals surface area contributed by atoms with E-state index in [0.29, 0.717) is 36.4 Å². The van der Waals surface area contributed by atoms with E-state index in [-0.39, 0.29) is 35.4 Å². The second-order valence-electron chi connectivity index (χ2n) is 12.2. The minimum absolute atomic E-state index is 0.0144. The number of aromatic nitrogens is 1. The second-order valence-corrected chi connectivity index (χ2v) is 12.2. The van der Waals surface area contributed by atoms with Gasteiger partial charge in [-0.05, 0) is 96.1 Å². The highest BCUT2D eigenvalue weighted by Crippen LogP contribution is 2.67. The lowest BCUT2D eigenvalue weighted by Gasteiger charge is -2.57. The average molecular weight is 521 g/mol. The van der Waals surface area contributed by atoms with E-state index in [1.165, 1.54) is 16.7 Å². The van der Waals surface area contributed by atoms with Gasteiger partial charge in [0.05, 0.1) is 18.7 Å². The Labute approximate surface area is 224 Å². The van der Waals surface area contributed by atoms with Crippen molar-refractivity contribution in [2.24, 2.45) is 5.92 Å². The fourth-order valence-corrected chi connectivity index (χ4v) is 7.60. The zero-order valence-corrected chi connectivity index (χ0v) is 23.4. The molecule has 2 aliphatic carbocycles. The summed E-state index contributed by atoms with van der Waals surface area (Å²) in [6, 6.07) is 4.81. The molecule has 2 aromatic rings. The first-order chi connectivity index (χ1) is 18.1. The first-order valence-corrected chi connectivity index (χ1v) is 14.1. The van der Waals surface area contributed by atoms with Gasteiger partial charge in [-0.3, -0.25) is 9.59 Å². The van der Waals surface area contributed by atoms with E-state index in [4.69, 9.17) is 9.47 Å². The molecule has 1 spiro atoms. The van der Waals surface area contributed by atoms with E-state index in [1.807, 2.05) is 33.8 Å². The van der Waals surface area contributed by atoms with Crippen LogP contribution in [0.5, 0.6) is 11.5 Å². The maximum absolute atomic E-state index is 13.1. The van der Waals surface area contributed by atoms with Crippen LogP contribution in [0.15, 0.2) is 12.1 Å². The molecule has 1 aromatic heterocycles. The smallest absolute Gasteiger partial charge is 0.268 e. The quantitative estimate of drug-likeness (QED) is 0.519. The average Bonchev–Trinajstić information content (AvgIpc) is 3.36. The molecule has 3 N–H and O–H groups in total. The molecule has 0 radical (unpaired) electrons. The first kappa shape index (κ1) is 25.3. The Kier molecular flexibility index (Phi) is 6.02. The van der Waals surface area contributed by atoms with Crippen molar-refractivity contribution in [2.75, 3.05) is 20.2 Å². The highest BCUT2D eigenvalue weighted by Gasteiger charge is 2.65. The third-order valence-electron chi connectivity index (χ3n) is 9.16. The number of carbonyl (C=O) groups is 2. The van der Waals surface area contributed by atoms with Gasteiger partial charge < -0.3 is 30.0 Å². The Morgan fingerprint density at radius 2 is 1.95 bits per heavy atom. The number of fused-ring (bicyclic) bond motifs is 2. The van der Waals surface area contributed by atoms with Crippen molar-refractivity contribution in [3.63, 3.8) is 0 Å². The fourth-order valence-electron chi connectivity index (χ4n) is 7.60. The van der Waals surface area contributed by atoms with Crippen molar-refractivity contribution in [3.8, 4) is 11.5 Å². The zero-order valence-electron chi connectivity index (χ0n) is 23.4. The lowest BCUT2D eigenvalue weighted by atomic mass is 9.51. The third kappa shape index (κ3) is 3.67. The monoisotopic (exact) mass is 520 g/mol. The van der Waals surface area contributed by atoms with E-state index in [2.05, 4.69) is 40.6 Å². The largest absolute Gasteiger partial charge is 0.489 e. The van der Waals surface area contributed by atoms with Gasteiger partial charge >= 0.3 is 0 Å². The van der Waals surface area contributed by atoms with Crippen LogP contribution in [0, 0.1) is 12.8 Å². The summed E-state index contributed by atoms with van der Waals surface area (Å²) in [7, 11) is 2.24. The van der Waals surface area contributed by atoms with Gasteiger partial charge in [-0.15, -0.1) is 0 Å². The Bertz CT molecular complexity index is 1300. The lowest BCUT2D eigenvalue weighted by molar-refractivity contribution is -0.122. The minimum Gasteiger partial charge on any atom is -0.489 e. The number of rotatable bonds is 7. The first-order valence-electron chi connectivity index (χ1n) is 14.1. The summed E-state index contributed by atoms with van der Waals surface area (Å²) in [5, 5.41) is 5.98. The van der Waals surface area contributed by atoms with Crippen LogP contribution in [0.25, 0.3) is 0 Å². The van der Waals surface area contributed by atoms with Crippen LogP contribution < -0.4 is 20.1 Å². The molecule has 204 valence electrons. The summed E-state index contributed by atoms with van der Waals surface area (Å²) in [6.07, 6.45) is 3.03. The molecule has 4 atom stereocenters. The molecule has 4 aliphatic rings. The lowest BCUT2D eigenvalue weighted by Crippen LogP contribution is -2.62. The van der Waals surface area contributed by atoms with E-state index in [9.17, 15) is 9.59 Å². The van der Waals surface area contributed by atoms with Crippen LogP contribution in [0.2, 0.25) is 0 Å². The maximum Gasteiger partial charge on any atom is 0.268 e. The van der Waals surface area contributed by atoms with Gasteiger partial charge in [-0.25, -0.2) is 0 Å². The number of benzene rings is 1. The van der Waals surface area contributed by atoms with Gasteiger partial charge in [-0.1, -0.05) is 6.07 Å². The molecule has 3 heterocycles. The van der Waals surface area contributed by atoms with Gasteiger partial charge in [0, 0.05) is 29.1 Å². The number of hydrogen-bond donors (Lipinski definition) is 3. The number of ether oxygens (including phenoxy) is 2. The highest BCUT2D eigenvalue weighted by molar-refractivity contribution is 5.94. The van der Waals surface area contributed by atoms with Crippen LogP contribution in [-0.2, 0) is 23.1 Å². The predicted octanol–water partition coefficient (Wildman–Crippen LogP) is 3.56. The van der Waals surface area contributed by atoms with Crippen LogP contribution in [-0.4, -0.2) is 60.0 Å². The Hall–Kier alpha value is -3.00. The molecule has 1 aromatic carbocycles. The van der Waals surface area contributed by atoms with E-state index < -0.39 is 0 Å². The van der Waals surface area contributed by atoms with Gasteiger partial charge in [0.15, 0.2) is 11.5 Å². The molecular formula is C30H40N4O4.